The van der Waals surface area contributed by atoms with Crippen molar-refractivity contribution < 1.29 is 13.9 Å². The number of carbonyl (C=O) groups excluding carboxylic acids is 1. The van der Waals surface area contributed by atoms with Crippen LogP contribution in [0.5, 0.6) is 5.75 Å². The highest BCUT2D eigenvalue weighted by Gasteiger charge is 2.12. The Morgan fingerprint density at radius 1 is 1.19 bits per heavy atom. The molecule has 2 aromatic heterocycles. The molecule has 0 unspecified atom stereocenters. The van der Waals surface area contributed by atoms with E-state index in [1.54, 1.807) is 52.1 Å². The van der Waals surface area contributed by atoms with E-state index in [1.807, 2.05) is 19.9 Å². The molecule has 0 saturated heterocycles. The topological polar surface area (TPSA) is 99.8 Å². The number of carbonyl (C=O) groups is 1. The smallest absolute Gasteiger partial charge is 0.255 e. The number of tetrazole rings is 1. The van der Waals surface area contributed by atoms with Gasteiger partial charge in [-0.15, -0.1) is 5.10 Å². The van der Waals surface area contributed by atoms with E-state index in [1.165, 1.54) is 12.1 Å². The standard InChI is InChI=1S/C22H22FN7O2/c1-15(2)30-21(26-27-28-30)14-32-20-8-4-6-17(10-20)22(31)25-19-11-24-29(13-19)12-16-5-3-7-18(23)9-16/h3-11,13,15H,12,14H2,1-2H3,(H,25,31). The number of aromatic nitrogens is 6. The fraction of sp³-hybridized carbons (Fsp3) is 0.227. The van der Waals surface area contributed by atoms with Crippen molar-refractivity contribution in [2.75, 3.05) is 5.32 Å². The fourth-order valence-electron chi connectivity index (χ4n) is 3.12. The Hall–Kier alpha value is -4.08. The first kappa shape index (κ1) is 21.2. The van der Waals surface area contributed by atoms with Crippen LogP contribution in [0.4, 0.5) is 10.1 Å². The largest absolute Gasteiger partial charge is 0.486 e. The van der Waals surface area contributed by atoms with Gasteiger partial charge in [-0.2, -0.15) is 5.10 Å². The van der Waals surface area contributed by atoms with E-state index in [0.717, 1.165) is 5.56 Å². The third-order valence-corrected chi connectivity index (χ3v) is 4.64. The SMILES string of the molecule is CC(C)n1nnnc1COc1cccc(C(=O)Nc2cnn(Cc3cccc(F)c3)c2)c1. The van der Waals surface area contributed by atoms with Crippen molar-refractivity contribution >= 4 is 11.6 Å². The van der Waals surface area contributed by atoms with Crippen molar-refractivity contribution in [3.8, 4) is 5.75 Å². The Morgan fingerprint density at radius 2 is 2.03 bits per heavy atom. The van der Waals surface area contributed by atoms with Crippen LogP contribution >= 0.6 is 0 Å². The normalized spacial score (nSPS) is 11.0. The van der Waals surface area contributed by atoms with Gasteiger partial charge in [0.25, 0.3) is 5.91 Å². The van der Waals surface area contributed by atoms with Crippen LogP contribution in [0, 0.1) is 5.82 Å². The molecule has 0 aliphatic carbocycles. The van der Waals surface area contributed by atoms with Gasteiger partial charge in [-0.1, -0.05) is 18.2 Å². The van der Waals surface area contributed by atoms with E-state index >= 15 is 0 Å². The quantitative estimate of drug-likeness (QED) is 0.455. The molecule has 32 heavy (non-hydrogen) atoms. The van der Waals surface area contributed by atoms with Crippen LogP contribution in [0.25, 0.3) is 0 Å². The third-order valence-electron chi connectivity index (χ3n) is 4.64. The zero-order valence-electron chi connectivity index (χ0n) is 17.6. The first-order chi connectivity index (χ1) is 15.5. The van der Waals surface area contributed by atoms with E-state index in [2.05, 4.69) is 25.9 Å². The summed E-state index contributed by atoms with van der Waals surface area (Å²) in [5, 5.41) is 18.6. The highest BCUT2D eigenvalue weighted by Crippen LogP contribution is 2.17. The summed E-state index contributed by atoms with van der Waals surface area (Å²) in [6.45, 7) is 4.53. The molecule has 0 bridgehead atoms. The molecule has 1 N–H and O–H groups in total. The first-order valence-corrected chi connectivity index (χ1v) is 10.1. The summed E-state index contributed by atoms with van der Waals surface area (Å²) >= 11 is 0. The number of rotatable bonds is 8. The van der Waals surface area contributed by atoms with Gasteiger partial charge in [0.2, 0.25) is 0 Å². The van der Waals surface area contributed by atoms with Gasteiger partial charge < -0.3 is 10.1 Å². The van der Waals surface area contributed by atoms with Crippen molar-refractivity contribution in [1.29, 1.82) is 0 Å². The summed E-state index contributed by atoms with van der Waals surface area (Å²) in [7, 11) is 0. The second kappa shape index (κ2) is 9.38. The van der Waals surface area contributed by atoms with Crippen molar-refractivity contribution in [2.45, 2.75) is 33.0 Å². The lowest BCUT2D eigenvalue weighted by molar-refractivity contribution is 0.102. The third kappa shape index (κ3) is 5.15. The van der Waals surface area contributed by atoms with Gasteiger partial charge in [0, 0.05) is 11.8 Å². The summed E-state index contributed by atoms with van der Waals surface area (Å²) in [6, 6.07) is 13.3. The number of nitrogens with one attached hydrogen (secondary N) is 1. The van der Waals surface area contributed by atoms with Crippen LogP contribution in [0.15, 0.2) is 60.9 Å². The number of ether oxygens (including phenoxy) is 1. The maximum absolute atomic E-state index is 13.3. The number of anilines is 1. The van der Waals surface area contributed by atoms with Crippen LogP contribution in [-0.4, -0.2) is 35.9 Å². The zero-order valence-corrected chi connectivity index (χ0v) is 17.6. The van der Waals surface area contributed by atoms with Crippen molar-refractivity contribution in [2.24, 2.45) is 0 Å². The van der Waals surface area contributed by atoms with E-state index in [9.17, 15) is 9.18 Å². The molecule has 0 aliphatic heterocycles. The Morgan fingerprint density at radius 3 is 2.84 bits per heavy atom. The number of hydrogen-bond acceptors (Lipinski definition) is 6. The molecule has 0 fully saturated rings. The Bertz CT molecular complexity index is 1220. The Kier molecular flexibility index (Phi) is 6.20. The van der Waals surface area contributed by atoms with Gasteiger partial charge in [0.05, 0.1) is 24.5 Å². The number of nitrogens with zero attached hydrogens (tertiary/aromatic N) is 6. The van der Waals surface area contributed by atoms with Crippen molar-refractivity contribution in [3.63, 3.8) is 0 Å². The van der Waals surface area contributed by atoms with E-state index in [0.29, 0.717) is 29.4 Å². The minimum absolute atomic E-state index is 0.113. The van der Waals surface area contributed by atoms with E-state index < -0.39 is 0 Å². The zero-order chi connectivity index (χ0) is 22.5. The van der Waals surface area contributed by atoms with Crippen LogP contribution < -0.4 is 10.1 Å². The Labute approximate surface area is 183 Å². The first-order valence-electron chi connectivity index (χ1n) is 10.1. The van der Waals surface area contributed by atoms with Gasteiger partial charge in [0.1, 0.15) is 18.2 Å². The molecule has 4 aromatic rings. The number of halogens is 1. The number of benzene rings is 2. The lowest BCUT2D eigenvalue weighted by Gasteiger charge is -2.10. The van der Waals surface area contributed by atoms with Crippen LogP contribution in [0.3, 0.4) is 0 Å². The lowest BCUT2D eigenvalue weighted by atomic mass is 10.2. The second-order valence-corrected chi connectivity index (χ2v) is 7.46. The predicted octanol–water partition coefficient (Wildman–Crippen LogP) is 3.47. The monoisotopic (exact) mass is 435 g/mol. The van der Waals surface area contributed by atoms with Crippen molar-refractivity contribution in [3.05, 3.63) is 83.7 Å². The number of hydrogen-bond donors (Lipinski definition) is 1. The molecule has 2 heterocycles. The molecule has 0 atom stereocenters. The van der Waals surface area contributed by atoms with Crippen LogP contribution in [0.2, 0.25) is 0 Å². The summed E-state index contributed by atoms with van der Waals surface area (Å²) in [5.74, 6) is 0.525. The number of amides is 1. The van der Waals surface area contributed by atoms with Crippen LogP contribution in [-0.2, 0) is 13.2 Å². The summed E-state index contributed by atoms with van der Waals surface area (Å²) in [6.07, 6.45) is 3.23. The molecule has 0 saturated carbocycles. The van der Waals surface area contributed by atoms with E-state index in [-0.39, 0.29) is 24.4 Å². The maximum atomic E-state index is 13.3. The molecule has 1 amide bonds. The van der Waals surface area contributed by atoms with Gasteiger partial charge in [0.15, 0.2) is 5.82 Å². The molecule has 10 heteroatoms. The average Bonchev–Trinajstić information content (AvgIpc) is 3.42. The molecule has 164 valence electrons. The maximum Gasteiger partial charge on any atom is 0.255 e. The van der Waals surface area contributed by atoms with Gasteiger partial charge in [-0.3, -0.25) is 9.48 Å². The van der Waals surface area contributed by atoms with Crippen LogP contribution in [0.1, 0.15) is 41.6 Å². The average molecular weight is 435 g/mol. The molecular formula is C22H22FN7O2. The molecule has 0 radical (unpaired) electrons. The highest BCUT2D eigenvalue weighted by atomic mass is 19.1. The fourth-order valence-corrected chi connectivity index (χ4v) is 3.12. The minimum atomic E-state index is -0.300. The summed E-state index contributed by atoms with van der Waals surface area (Å²) < 4.78 is 22.4. The molecule has 9 nitrogen and oxygen atoms in total. The lowest BCUT2D eigenvalue weighted by Crippen LogP contribution is -2.12. The van der Waals surface area contributed by atoms with Gasteiger partial charge in [-0.05, 0) is 60.2 Å². The predicted molar refractivity (Wildman–Crippen MR) is 115 cm³/mol. The molecule has 0 aliphatic rings. The minimum Gasteiger partial charge on any atom is -0.486 e. The van der Waals surface area contributed by atoms with E-state index in [4.69, 9.17) is 4.74 Å². The highest BCUT2D eigenvalue weighted by molar-refractivity contribution is 6.04. The molecule has 4 rings (SSSR count). The molecular weight excluding hydrogens is 413 g/mol. The Balaban J connectivity index is 1.38. The summed E-state index contributed by atoms with van der Waals surface area (Å²) in [4.78, 5) is 12.7. The van der Waals surface area contributed by atoms with Gasteiger partial charge in [-0.25, -0.2) is 9.07 Å². The second-order valence-electron chi connectivity index (χ2n) is 7.46. The van der Waals surface area contributed by atoms with Gasteiger partial charge >= 0.3 is 0 Å². The molecule has 0 spiro atoms. The summed E-state index contributed by atoms with van der Waals surface area (Å²) in [5.41, 5.74) is 1.75. The molecule has 2 aromatic carbocycles. The van der Waals surface area contributed by atoms with Crippen molar-refractivity contribution in [1.82, 2.24) is 30.0 Å².